The molecule has 10 heavy (non-hydrogen) atoms. The third-order valence-electron chi connectivity index (χ3n) is 1.18. The van der Waals surface area contributed by atoms with Crippen LogP contribution in [-0.4, -0.2) is 21.9 Å². The van der Waals surface area contributed by atoms with E-state index >= 15 is 0 Å². The van der Waals surface area contributed by atoms with E-state index in [-0.39, 0.29) is 0 Å². The Kier molecular flexibility index (Phi) is 3.17. The van der Waals surface area contributed by atoms with Crippen LogP contribution in [0.3, 0.4) is 0 Å². The molecule has 0 aliphatic heterocycles. The van der Waals surface area contributed by atoms with Crippen LogP contribution in [0.2, 0.25) is 0 Å². The second-order valence-electron chi connectivity index (χ2n) is 1.79. The van der Waals surface area contributed by atoms with Gasteiger partial charge in [-0.2, -0.15) is 0 Å². The molecule has 0 spiro atoms. The summed E-state index contributed by atoms with van der Waals surface area (Å²) in [6.45, 7) is 0. The molecule has 0 aromatic heterocycles. The predicted octanol–water partition coefficient (Wildman–Crippen LogP) is 1.08. The van der Waals surface area contributed by atoms with E-state index in [1.165, 1.54) is 4.90 Å². The van der Waals surface area contributed by atoms with Crippen molar-refractivity contribution in [2.24, 2.45) is 0 Å². The average molecular weight is 214 g/mol. The van der Waals surface area contributed by atoms with Gasteiger partial charge in [0, 0.05) is 0 Å². The van der Waals surface area contributed by atoms with E-state index in [0.717, 1.165) is 4.35 Å². The zero-order valence-corrected chi connectivity index (χ0v) is 8.27. The Bertz CT molecular complexity index is 220. The molecule has 0 aliphatic rings. The molecular weight excluding hydrogens is 207 g/mol. The normalized spacial score (nSPS) is 10.1. The van der Waals surface area contributed by atoms with Crippen molar-refractivity contribution in [3.05, 3.63) is 24.3 Å². The third-order valence-corrected chi connectivity index (χ3v) is 2.99. The molecule has 0 saturated carbocycles. The summed E-state index contributed by atoms with van der Waals surface area (Å²) >= 11 is 0.854. The molecule has 0 aliphatic carbocycles. The van der Waals surface area contributed by atoms with E-state index in [2.05, 4.69) is 0 Å². The van der Waals surface area contributed by atoms with Crippen LogP contribution in [0.25, 0.3) is 0 Å². The Hall–Kier alpha value is -0.0716. The molecule has 0 bridgehead atoms. The molecule has 3 heteroatoms. The van der Waals surface area contributed by atoms with Gasteiger partial charge >= 0.3 is 71.0 Å². The standard InChI is InChI=1S/C7H7AsOS/c1-10-7-4-2-6(8-9)3-5-7/h2-5H,1H3. The van der Waals surface area contributed by atoms with E-state index in [4.69, 9.17) is 0 Å². The fourth-order valence-electron chi connectivity index (χ4n) is 0.643. The Morgan fingerprint density at radius 3 is 2.30 bits per heavy atom. The zero-order valence-electron chi connectivity index (χ0n) is 5.57. The van der Waals surface area contributed by atoms with Crippen LogP contribution in [0.5, 0.6) is 0 Å². The van der Waals surface area contributed by atoms with E-state index in [1.807, 2.05) is 30.5 Å². The summed E-state index contributed by atoms with van der Waals surface area (Å²) in [5.74, 6) is 0. The monoisotopic (exact) mass is 214 g/mol. The Morgan fingerprint density at radius 2 is 1.90 bits per heavy atom. The molecule has 0 atom stereocenters. The van der Waals surface area contributed by atoms with E-state index in [0.29, 0.717) is 0 Å². The summed E-state index contributed by atoms with van der Waals surface area (Å²) in [4.78, 5) is 1.22. The summed E-state index contributed by atoms with van der Waals surface area (Å²) in [6, 6.07) is 7.82. The molecule has 0 saturated heterocycles. The van der Waals surface area contributed by atoms with Crippen molar-refractivity contribution in [1.29, 1.82) is 0 Å². The third kappa shape index (κ3) is 1.96. The first-order valence-electron chi connectivity index (χ1n) is 2.84. The van der Waals surface area contributed by atoms with Crippen molar-refractivity contribution in [3.8, 4) is 0 Å². The number of rotatable bonds is 2. The van der Waals surface area contributed by atoms with Crippen LogP contribution >= 0.6 is 11.8 Å². The topological polar surface area (TPSA) is 17.1 Å². The maximum absolute atomic E-state index is 10.4. The van der Waals surface area contributed by atoms with Gasteiger partial charge < -0.3 is 0 Å². The van der Waals surface area contributed by atoms with Crippen molar-refractivity contribution in [3.63, 3.8) is 0 Å². The van der Waals surface area contributed by atoms with Crippen LogP contribution in [-0.2, 0) is 3.74 Å². The van der Waals surface area contributed by atoms with E-state index < -0.39 is 15.7 Å². The minimum absolute atomic E-state index is 0.842. The van der Waals surface area contributed by atoms with Crippen molar-refractivity contribution in [1.82, 2.24) is 0 Å². The molecule has 0 heterocycles. The van der Waals surface area contributed by atoms with Crippen molar-refractivity contribution < 1.29 is 3.74 Å². The molecule has 52 valence electrons. The molecule has 0 N–H and O–H groups in total. The van der Waals surface area contributed by atoms with Crippen LogP contribution in [0.4, 0.5) is 0 Å². The van der Waals surface area contributed by atoms with E-state index in [1.54, 1.807) is 11.8 Å². The molecule has 1 nitrogen and oxygen atoms in total. The predicted molar refractivity (Wildman–Crippen MR) is 44.3 cm³/mol. The number of hydrogen-bond donors (Lipinski definition) is 0. The fraction of sp³-hybridized carbons (Fsp3) is 0.143. The van der Waals surface area contributed by atoms with Crippen LogP contribution in [0, 0.1) is 0 Å². The molecule has 0 radical (unpaired) electrons. The van der Waals surface area contributed by atoms with Crippen molar-refractivity contribution in [2.45, 2.75) is 4.90 Å². The zero-order chi connectivity index (χ0) is 7.40. The second-order valence-corrected chi connectivity index (χ2v) is 4.14. The van der Waals surface area contributed by atoms with Gasteiger partial charge in [0.05, 0.1) is 0 Å². The van der Waals surface area contributed by atoms with Crippen LogP contribution < -0.4 is 4.35 Å². The molecule has 1 aromatic rings. The number of hydrogen-bond acceptors (Lipinski definition) is 2. The first kappa shape index (κ1) is 8.03. The Labute approximate surface area is 71.1 Å². The van der Waals surface area contributed by atoms with Gasteiger partial charge in [0.1, 0.15) is 0 Å². The Balaban J connectivity index is 2.90. The number of thioether (sulfide) groups is 1. The van der Waals surface area contributed by atoms with E-state index in [9.17, 15) is 3.74 Å². The van der Waals surface area contributed by atoms with Gasteiger partial charge in [-0.05, 0) is 0 Å². The van der Waals surface area contributed by atoms with Gasteiger partial charge in [-0.25, -0.2) is 0 Å². The van der Waals surface area contributed by atoms with Crippen LogP contribution in [0.15, 0.2) is 29.2 Å². The molecule has 0 amide bonds. The van der Waals surface area contributed by atoms with Crippen molar-refractivity contribution >= 4 is 31.8 Å². The summed E-state index contributed by atoms with van der Waals surface area (Å²) in [5, 5.41) is 0. The summed E-state index contributed by atoms with van der Waals surface area (Å²) in [7, 11) is 0. The quantitative estimate of drug-likeness (QED) is 0.541. The molecule has 1 aromatic carbocycles. The first-order chi connectivity index (χ1) is 4.86. The van der Waals surface area contributed by atoms with Gasteiger partial charge in [0.25, 0.3) is 0 Å². The van der Waals surface area contributed by atoms with Gasteiger partial charge in [0.2, 0.25) is 0 Å². The van der Waals surface area contributed by atoms with Gasteiger partial charge in [-0.1, -0.05) is 0 Å². The fourth-order valence-corrected chi connectivity index (χ4v) is 1.62. The van der Waals surface area contributed by atoms with Crippen LogP contribution in [0.1, 0.15) is 0 Å². The SMILES string of the molecule is CSc1ccc([As]=O)cc1. The summed E-state index contributed by atoms with van der Waals surface area (Å²) < 4.78 is 11.4. The maximum atomic E-state index is 10.4. The average Bonchev–Trinajstić information content (AvgIpc) is 2.05. The van der Waals surface area contributed by atoms with Gasteiger partial charge in [0.15, 0.2) is 0 Å². The Morgan fingerprint density at radius 1 is 1.30 bits per heavy atom. The molecule has 1 rings (SSSR count). The van der Waals surface area contributed by atoms with Gasteiger partial charge in [-0.3, -0.25) is 0 Å². The first-order valence-corrected chi connectivity index (χ1v) is 5.77. The summed E-state index contributed by atoms with van der Waals surface area (Å²) in [5.41, 5.74) is 0. The summed E-state index contributed by atoms with van der Waals surface area (Å²) in [6.07, 6.45) is 2.03. The minimum atomic E-state index is -0.842. The molecule has 0 unspecified atom stereocenters. The molecule has 0 fully saturated rings. The van der Waals surface area contributed by atoms with Gasteiger partial charge in [-0.15, -0.1) is 0 Å². The second kappa shape index (κ2) is 3.94. The number of benzene rings is 1. The van der Waals surface area contributed by atoms with Crippen molar-refractivity contribution in [2.75, 3.05) is 6.26 Å². The molecular formula is C7H7AsOS.